The van der Waals surface area contributed by atoms with Gasteiger partial charge in [-0.3, -0.25) is 0 Å². The standard InChI is InChI=1S/C23H21FN2O2/c24-19-10-4-7-13-22(19)28-16-18(27)15-26-21-12-6-5-11-20(21)25-23(26)14-17-8-2-1-3-9-17/h1-13,18,27H,14-16H2. The fourth-order valence-electron chi connectivity index (χ4n) is 3.25. The molecule has 0 radical (unpaired) electrons. The maximum Gasteiger partial charge on any atom is 0.165 e. The van der Waals surface area contributed by atoms with Crippen LogP contribution in [0.3, 0.4) is 0 Å². The van der Waals surface area contributed by atoms with E-state index >= 15 is 0 Å². The summed E-state index contributed by atoms with van der Waals surface area (Å²) in [5, 5.41) is 10.5. The van der Waals surface area contributed by atoms with E-state index in [1.165, 1.54) is 6.07 Å². The molecule has 0 aliphatic rings. The van der Waals surface area contributed by atoms with Gasteiger partial charge in [-0.1, -0.05) is 54.6 Å². The Morgan fingerprint density at radius 1 is 0.929 bits per heavy atom. The Morgan fingerprint density at radius 3 is 2.46 bits per heavy atom. The molecule has 142 valence electrons. The Balaban J connectivity index is 1.55. The van der Waals surface area contributed by atoms with Crippen LogP contribution in [0.2, 0.25) is 0 Å². The second kappa shape index (κ2) is 8.23. The highest BCUT2D eigenvalue weighted by Crippen LogP contribution is 2.20. The highest BCUT2D eigenvalue weighted by Gasteiger charge is 2.15. The monoisotopic (exact) mass is 376 g/mol. The zero-order chi connectivity index (χ0) is 19.3. The Morgan fingerprint density at radius 2 is 1.64 bits per heavy atom. The van der Waals surface area contributed by atoms with E-state index in [0.717, 1.165) is 22.4 Å². The molecular weight excluding hydrogens is 355 g/mol. The Kier molecular flexibility index (Phi) is 5.35. The predicted molar refractivity (Wildman–Crippen MR) is 107 cm³/mol. The van der Waals surface area contributed by atoms with Crippen LogP contribution in [0.4, 0.5) is 4.39 Å². The number of ether oxygens (including phenoxy) is 1. The molecule has 0 aliphatic carbocycles. The smallest absolute Gasteiger partial charge is 0.165 e. The highest BCUT2D eigenvalue weighted by molar-refractivity contribution is 5.76. The third-order valence-corrected chi connectivity index (χ3v) is 4.60. The van der Waals surface area contributed by atoms with Crippen LogP contribution in [0, 0.1) is 5.82 Å². The molecule has 1 atom stereocenters. The van der Waals surface area contributed by atoms with E-state index < -0.39 is 11.9 Å². The van der Waals surface area contributed by atoms with Gasteiger partial charge in [0.1, 0.15) is 18.5 Å². The topological polar surface area (TPSA) is 47.3 Å². The average Bonchev–Trinajstić information content (AvgIpc) is 3.05. The van der Waals surface area contributed by atoms with Crippen LogP contribution >= 0.6 is 0 Å². The quantitative estimate of drug-likeness (QED) is 0.526. The van der Waals surface area contributed by atoms with Crippen LogP contribution in [0.1, 0.15) is 11.4 Å². The molecule has 1 N–H and O–H groups in total. The van der Waals surface area contributed by atoms with Crippen molar-refractivity contribution in [3.63, 3.8) is 0 Å². The average molecular weight is 376 g/mol. The lowest BCUT2D eigenvalue weighted by Gasteiger charge is -2.16. The molecule has 0 spiro atoms. The summed E-state index contributed by atoms with van der Waals surface area (Å²) in [6.45, 7) is 0.315. The van der Waals surface area contributed by atoms with E-state index in [4.69, 9.17) is 9.72 Å². The number of rotatable bonds is 7. The fourth-order valence-corrected chi connectivity index (χ4v) is 3.25. The number of aromatic nitrogens is 2. The van der Waals surface area contributed by atoms with Crippen LogP contribution in [0.15, 0.2) is 78.9 Å². The van der Waals surface area contributed by atoms with Gasteiger partial charge in [0.25, 0.3) is 0 Å². The van der Waals surface area contributed by atoms with E-state index in [1.54, 1.807) is 18.2 Å². The summed E-state index contributed by atoms with van der Waals surface area (Å²) in [5.74, 6) is 0.575. The minimum atomic E-state index is -0.799. The minimum absolute atomic E-state index is 0.00177. The van der Waals surface area contributed by atoms with Crippen molar-refractivity contribution >= 4 is 11.0 Å². The van der Waals surface area contributed by atoms with E-state index in [2.05, 4.69) is 12.1 Å². The van der Waals surface area contributed by atoms with Crippen LogP contribution < -0.4 is 4.74 Å². The number of para-hydroxylation sites is 3. The molecule has 3 aromatic carbocycles. The lowest BCUT2D eigenvalue weighted by molar-refractivity contribution is 0.0908. The second-order valence-electron chi connectivity index (χ2n) is 6.68. The number of benzene rings is 3. The van der Waals surface area contributed by atoms with Crippen molar-refractivity contribution in [3.05, 3.63) is 96.1 Å². The number of nitrogens with zero attached hydrogens (tertiary/aromatic N) is 2. The van der Waals surface area contributed by atoms with Gasteiger partial charge >= 0.3 is 0 Å². The number of aliphatic hydroxyl groups is 1. The highest BCUT2D eigenvalue weighted by atomic mass is 19.1. The number of halogens is 1. The lowest BCUT2D eigenvalue weighted by Crippen LogP contribution is -2.25. The molecule has 0 saturated carbocycles. The number of hydrogen-bond acceptors (Lipinski definition) is 3. The summed E-state index contributed by atoms with van der Waals surface area (Å²) in [7, 11) is 0. The van der Waals surface area contributed by atoms with Gasteiger partial charge in [0.15, 0.2) is 11.6 Å². The van der Waals surface area contributed by atoms with Crippen molar-refractivity contribution < 1.29 is 14.2 Å². The summed E-state index contributed by atoms with van der Waals surface area (Å²) in [4.78, 5) is 4.74. The van der Waals surface area contributed by atoms with Crippen LogP contribution in [0.5, 0.6) is 5.75 Å². The number of fused-ring (bicyclic) bond motifs is 1. The predicted octanol–water partition coefficient (Wildman–Crippen LogP) is 4.21. The Hall–Kier alpha value is -3.18. The fraction of sp³-hybridized carbons (Fsp3) is 0.174. The van der Waals surface area contributed by atoms with Gasteiger partial charge in [-0.05, 0) is 29.8 Å². The minimum Gasteiger partial charge on any atom is -0.488 e. The van der Waals surface area contributed by atoms with Crippen LogP contribution in [-0.2, 0) is 13.0 Å². The maximum absolute atomic E-state index is 13.7. The van der Waals surface area contributed by atoms with Crippen molar-refractivity contribution in [3.8, 4) is 5.75 Å². The third kappa shape index (κ3) is 4.05. The number of hydrogen-bond donors (Lipinski definition) is 1. The van der Waals surface area contributed by atoms with Crippen molar-refractivity contribution in [1.82, 2.24) is 9.55 Å². The van der Waals surface area contributed by atoms with Gasteiger partial charge in [0, 0.05) is 6.42 Å². The summed E-state index contributed by atoms with van der Waals surface area (Å²) in [6.07, 6.45) is -0.136. The first kappa shape index (κ1) is 18.2. The van der Waals surface area contributed by atoms with Crippen molar-refractivity contribution in [2.45, 2.75) is 19.1 Å². The van der Waals surface area contributed by atoms with Gasteiger partial charge in [-0.15, -0.1) is 0 Å². The molecule has 0 aliphatic heterocycles. The molecule has 1 unspecified atom stereocenters. The molecule has 1 aromatic heterocycles. The molecule has 0 fully saturated rings. The largest absolute Gasteiger partial charge is 0.488 e. The van der Waals surface area contributed by atoms with E-state index in [1.807, 2.05) is 47.0 Å². The van der Waals surface area contributed by atoms with Crippen molar-refractivity contribution in [2.24, 2.45) is 0 Å². The molecular formula is C23H21FN2O2. The van der Waals surface area contributed by atoms with Crippen LogP contribution in [-0.4, -0.2) is 27.4 Å². The normalized spacial score (nSPS) is 12.2. The summed E-state index contributed by atoms with van der Waals surface area (Å²) in [5.41, 5.74) is 2.99. The first-order valence-corrected chi connectivity index (χ1v) is 9.24. The molecule has 4 nitrogen and oxygen atoms in total. The zero-order valence-electron chi connectivity index (χ0n) is 15.3. The van der Waals surface area contributed by atoms with Gasteiger partial charge in [-0.25, -0.2) is 9.37 Å². The second-order valence-corrected chi connectivity index (χ2v) is 6.68. The number of imidazole rings is 1. The molecule has 0 bridgehead atoms. The van der Waals surface area contributed by atoms with Gasteiger partial charge in [-0.2, -0.15) is 0 Å². The van der Waals surface area contributed by atoms with Gasteiger partial charge in [0.2, 0.25) is 0 Å². The summed E-state index contributed by atoms with van der Waals surface area (Å²) in [6, 6.07) is 24.1. The zero-order valence-corrected chi connectivity index (χ0v) is 15.3. The number of aliphatic hydroxyl groups excluding tert-OH is 1. The first-order valence-electron chi connectivity index (χ1n) is 9.24. The summed E-state index contributed by atoms with van der Waals surface area (Å²) < 4.78 is 21.2. The van der Waals surface area contributed by atoms with E-state index in [9.17, 15) is 9.50 Å². The molecule has 4 aromatic rings. The molecule has 0 amide bonds. The van der Waals surface area contributed by atoms with Crippen molar-refractivity contribution in [2.75, 3.05) is 6.61 Å². The lowest BCUT2D eigenvalue weighted by atomic mass is 10.1. The molecule has 1 heterocycles. The van der Waals surface area contributed by atoms with E-state index in [0.29, 0.717) is 13.0 Å². The third-order valence-electron chi connectivity index (χ3n) is 4.60. The van der Waals surface area contributed by atoms with Crippen LogP contribution in [0.25, 0.3) is 11.0 Å². The van der Waals surface area contributed by atoms with Gasteiger partial charge in [0.05, 0.1) is 17.6 Å². The molecule has 0 saturated heterocycles. The van der Waals surface area contributed by atoms with E-state index in [-0.39, 0.29) is 12.4 Å². The first-order chi connectivity index (χ1) is 13.7. The van der Waals surface area contributed by atoms with Crippen molar-refractivity contribution in [1.29, 1.82) is 0 Å². The summed E-state index contributed by atoms with van der Waals surface area (Å²) >= 11 is 0. The molecule has 5 heteroatoms. The SMILES string of the molecule is OC(COc1ccccc1F)Cn1c(Cc2ccccc2)nc2ccccc21. The molecule has 4 rings (SSSR count). The van der Waals surface area contributed by atoms with Gasteiger partial charge < -0.3 is 14.4 Å². The Bertz CT molecular complexity index is 1060. The maximum atomic E-state index is 13.7. The molecule has 28 heavy (non-hydrogen) atoms. The Labute approximate surface area is 162 Å².